The summed E-state index contributed by atoms with van der Waals surface area (Å²) in [6.07, 6.45) is -1.90. The van der Waals surface area contributed by atoms with Crippen LogP contribution in [0.15, 0.2) is 18.5 Å². The number of hydrogen-bond acceptors (Lipinski definition) is 3. The van der Waals surface area contributed by atoms with E-state index >= 15 is 0 Å². The molecule has 1 aliphatic heterocycles. The van der Waals surface area contributed by atoms with E-state index in [0.29, 0.717) is 0 Å². The van der Waals surface area contributed by atoms with Gasteiger partial charge in [-0.2, -0.15) is 13.2 Å². The number of alkyl halides is 3. The van der Waals surface area contributed by atoms with Crippen LogP contribution in [0.4, 0.5) is 13.2 Å². The minimum Gasteiger partial charge on any atom is -0.326 e. The second-order valence-corrected chi connectivity index (χ2v) is 5.12. The predicted molar refractivity (Wildman–Crippen MR) is 67.3 cm³/mol. The summed E-state index contributed by atoms with van der Waals surface area (Å²) in [5, 5.41) is 0.0255. The van der Waals surface area contributed by atoms with E-state index in [2.05, 4.69) is 4.98 Å². The third kappa shape index (κ3) is 3.04. The Morgan fingerprint density at radius 2 is 2.15 bits per heavy atom. The van der Waals surface area contributed by atoms with Crippen molar-refractivity contribution < 1.29 is 18.0 Å². The zero-order valence-electron chi connectivity index (χ0n) is 10.4. The molecule has 2 heterocycles. The molecule has 2 N–H and O–H groups in total. The Labute approximate surface area is 118 Å². The lowest BCUT2D eigenvalue weighted by Crippen LogP contribution is -2.56. The van der Waals surface area contributed by atoms with Crippen molar-refractivity contribution >= 4 is 17.5 Å². The number of pyridine rings is 1. The van der Waals surface area contributed by atoms with Gasteiger partial charge in [-0.1, -0.05) is 11.6 Å². The van der Waals surface area contributed by atoms with Crippen molar-refractivity contribution in [2.24, 2.45) is 5.73 Å². The Balaban J connectivity index is 2.31. The number of amides is 1. The second-order valence-electron chi connectivity index (χ2n) is 4.71. The molecule has 2 atom stereocenters. The maximum absolute atomic E-state index is 13.0. The number of carbonyl (C=O) groups is 1. The largest absolute Gasteiger partial charge is 0.408 e. The normalized spacial score (nSPS) is 23.8. The molecule has 110 valence electrons. The van der Waals surface area contributed by atoms with E-state index < -0.39 is 24.2 Å². The van der Waals surface area contributed by atoms with Gasteiger partial charge in [0.25, 0.3) is 5.91 Å². The summed E-state index contributed by atoms with van der Waals surface area (Å²) >= 11 is 5.81. The summed E-state index contributed by atoms with van der Waals surface area (Å²) in [4.78, 5) is 16.7. The van der Waals surface area contributed by atoms with Crippen LogP contribution in [0, 0.1) is 0 Å². The van der Waals surface area contributed by atoms with E-state index in [1.807, 2.05) is 0 Å². The first-order valence-electron chi connectivity index (χ1n) is 6.03. The molecule has 2 unspecified atom stereocenters. The fourth-order valence-electron chi connectivity index (χ4n) is 2.27. The molecule has 1 aromatic heterocycles. The third-order valence-electron chi connectivity index (χ3n) is 3.26. The lowest BCUT2D eigenvalue weighted by atomic mass is 9.97. The lowest BCUT2D eigenvalue weighted by Gasteiger charge is -2.39. The van der Waals surface area contributed by atoms with E-state index in [4.69, 9.17) is 17.3 Å². The molecule has 4 nitrogen and oxygen atoms in total. The second kappa shape index (κ2) is 5.57. The lowest BCUT2D eigenvalue weighted by molar-refractivity contribution is -0.184. The van der Waals surface area contributed by atoms with Crippen molar-refractivity contribution in [3.63, 3.8) is 0 Å². The summed E-state index contributed by atoms with van der Waals surface area (Å²) in [6, 6.07) is -0.977. The van der Waals surface area contributed by atoms with Crippen molar-refractivity contribution in [1.82, 2.24) is 9.88 Å². The number of likely N-dealkylation sites (tertiary alicyclic amines) is 1. The number of hydrogen-bond donors (Lipinski definition) is 1. The van der Waals surface area contributed by atoms with Crippen LogP contribution in [0.5, 0.6) is 0 Å². The molecule has 20 heavy (non-hydrogen) atoms. The van der Waals surface area contributed by atoms with Crippen LogP contribution in [0.3, 0.4) is 0 Å². The Morgan fingerprint density at radius 1 is 1.45 bits per heavy atom. The molecular weight excluding hydrogens is 295 g/mol. The molecule has 1 aliphatic rings. The van der Waals surface area contributed by atoms with E-state index in [-0.39, 0.29) is 30.0 Å². The summed E-state index contributed by atoms with van der Waals surface area (Å²) in [5.74, 6) is -0.769. The molecule has 0 aliphatic carbocycles. The fraction of sp³-hybridized carbons (Fsp3) is 0.500. The van der Waals surface area contributed by atoms with E-state index in [0.717, 1.165) is 4.90 Å². The number of nitrogens with two attached hydrogens (primary N) is 1. The average molecular weight is 308 g/mol. The van der Waals surface area contributed by atoms with E-state index in [1.54, 1.807) is 0 Å². The highest BCUT2D eigenvalue weighted by molar-refractivity contribution is 6.33. The van der Waals surface area contributed by atoms with Gasteiger partial charge in [0.2, 0.25) is 0 Å². The van der Waals surface area contributed by atoms with Crippen molar-refractivity contribution in [2.45, 2.75) is 31.1 Å². The highest BCUT2D eigenvalue weighted by atomic mass is 35.5. The smallest absolute Gasteiger partial charge is 0.326 e. The molecule has 0 aromatic carbocycles. The highest BCUT2D eigenvalue weighted by Gasteiger charge is 2.47. The van der Waals surface area contributed by atoms with Gasteiger partial charge in [0, 0.05) is 25.0 Å². The SMILES string of the molecule is NC1CCC(C(F)(F)F)N(C(=O)c2ccncc2Cl)C1. The average Bonchev–Trinajstić information content (AvgIpc) is 2.37. The van der Waals surface area contributed by atoms with Crippen LogP contribution in [-0.2, 0) is 0 Å². The van der Waals surface area contributed by atoms with Gasteiger partial charge in [-0.25, -0.2) is 0 Å². The number of halogens is 4. The van der Waals surface area contributed by atoms with Crippen LogP contribution in [-0.4, -0.2) is 40.6 Å². The molecule has 2 rings (SSSR count). The van der Waals surface area contributed by atoms with Crippen molar-refractivity contribution in [3.8, 4) is 0 Å². The maximum Gasteiger partial charge on any atom is 0.408 e. The number of aromatic nitrogens is 1. The van der Waals surface area contributed by atoms with Gasteiger partial charge in [0.1, 0.15) is 6.04 Å². The van der Waals surface area contributed by atoms with Gasteiger partial charge in [0.05, 0.1) is 10.6 Å². The Hall–Kier alpha value is -1.34. The van der Waals surface area contributed by atoms with Gasteiger partial charge in [-0.15, -0.1) is 0 Å². The minimum atomic E-state index is -4.48. The number of nitrogens with zero attached hydrogens (tertiary/aromatic N) is 2. The minimum absolute atomic E-state index is 0.00465. The van der Waals surface area contributed by atoms with Crippen molar-refractivity contribution in [1.29, 1.82) is 0 Å². The molecule has 0 saturated carbocycles. The van der Waals surface area contributed by atoms with Crippen LogP contribution in [0.2, 0.25) is 5.02 Å². The third-order valence-corrected chi connectivity index (χ3v) is 3.56. The Kier molecular flexibility index (Phi) is 4.19. The Morgan fingerprint density at radius 3 is 2.75 bits per heavy atom. The zero-order valence-corrected chi connectivity index (χ0v) is 11.2. The predicted octanol–water partition coefficient (Wildman–Crippen LogP) is 2.23. The first-order valence-corrected chi connectivity index (χ1v) is 6.41. The fourth-order valence-corrected chi connectivity index (χ4v) is 2.47. The first-order chi connectivity index (χ1) is 9.30. The molecule has 1 amide bonds. The molecule has 0 spiro atoms. The van der Waals surface area contributed by atoms with Gasteiger partial charge in [0.15, 0.2) is 0 Å². The molecule has 1 fully saturated rings. The van der Waals surface area contributed by atoms with E-state index in [9.17, 15) is 18.0 Å². The van der Waals surface area contributed by atoms with Crippen LogP contribution in [0.1, 0.15) is 23.2 Å². The van der Waals surface area contributed by atoms with Gasteiger partial charge < -0.3 is 10.6 Å². The van der Waals surface area contributed by atoms with Gasteiger partial charge in [-0.05, 0) is 18.9 Å². The summed E-state index contributed by atoms with van der Waals surface area (Å²) in [6.45, 7) is -0.137. The summed E-state index contributed by atoms with van der Waals surface area (Å²) in [5.41, 5.74) is 5.68. The summed E-state index contributed by atoms with van der Waals surface area (Å²) in [7, 11) is 0. The van der Waals surface area contributed by atoms with Gasteiger partial charge >= 0.3 is 6.18 Å². The monoisotopic (exact) mass is 307 g/mol. The molecule has 1 saturated heterocycles. The van der Waals surface area contributed by atoms with E-state index in [1.165, 1.54) is 18.5 Å². The number of piperidine rings is 1. The van der Waals surface area contributed by atoms with Crippen molar-refractivity contribution in [2.75, 3.05) is 6.54 Å². The quantitative estimate of drug-likeness (QED) is 0.865. The summed E-state index contributed by atoms with van der Waals surface area (Å²) < 4.78 is 39.0. The molecule has 0 radical (unpaired) electrons. The topological polar surface area (TPSA) is 59.2 Å². The molecule has 8 heteroatoms. The maximum atomic E-state index is 13.0. The van der Waals surface area contributed by atoms with Crippen LogP contribution in [0.25, 0.3) is 0 Å². The molecule has 0 bridgehead atoms. The standard InChI is InChI=1S/C12H13ClF3N3O/c13-9-5-18-4-3-8(9)11(20)19-6-7(17)1-2-10(19)12(14,15)16/h3-5,7,10H,1-2,6,17H2. The molecular formula is C12H13ClF3N3O. The van der Waals surface area contributed by atoms with Crippen LogP contribution >= 0.6 is 11.6 Å². The highest BCUT2D eigenvalue weighted by Crippen LogP contribution is 2.33. The van der Waals surface area contributed by atoms with Crippen LogP contribution < -0.4 is 5.73 Å². The first kappa shape index (κ1) is 15.1. The number of rotatable bonds is 1. The molecule has 1 aromatic rings. The Bertz CT molecular complexity index is 509. The number of carbonyl (C=O) groups excluding carboxylic acids is 1. The van der Waals surface area contributed by atoms with Gasteiger partial charge in [-0.3, -0.25) is 9.78 Å². The zero-order chi connectivity index (χ0) is 14.9. The van der Waals surface area contributed by atoms with Crippen molar-refractivity contribution in [3.05, 3.63) is 29.0 Å².